The molecule has 0 atom stereocenters. The van der Waals surface area contributed by atoms with Gasteiger partial charge in [-0.25, -0.2) is 5.01 Å². The highest BCUT2D eigenvalue weighted by atomic mass is 79.9. The summed E-state index contributed by atoms with van der Waals surface area (Å²) in [6.45, 7) is 2.49. The van der Waals surface area contributed by atoms with Crippen LogP contribution >= 0.6 is 27.5 Å². The standard InChI is InChI=1S/C12H12BrClN2O/c1-2-9-6-12(17)16(15-9)7-8-3-4-10(13)11(14)5-8/h3-5H,2,6-7H2,1H3. The quantitative estimate of drug-likeness (QED) is 0.839. The van der Waals surface area contributed by atoms with Crippen LogP contribution in [0.4, 0.5) is 0 Å². The molecule has 0 radical (unpaired) electrons. The zero-order valence-corrected chi connectivity index (χ0v) is 11.8. The fraction of sp³-hybridized carbons (Fsp3) is 0.333. The molecule has 1 aromatic carbocycles. The first-order chi connectivity index (χ1) is 8.10. The Kier molecular flexibility index (Phi) is 3.84. The number of hydrogen-bond acceptors (Lipinski definition) is 2. The average molecular weight is 316 g/mol. The number of benzene rings is 1. The van der Waals surface area contributed by atoms with Crippen molar-refractivity contribution in [1.82, 2.24) is 5.01 Å². The smallest absolute Gasteiger partial charge is 0.248 e. The van der Waals surface area contributed by atoms with Gasteiger partial charge < -0.3 is 0 Å². The normalized spacial score (nSPS) is 15.4. The van der Waals surface area contributed by atoms with Gasteiger partial charge in [0.1, 0.15) is 0 Å². The van der Waals surface area contributed by atoms with Crippen molar-refractivity contribution in [2.75, 3.05) is 0 Å². The number of hydrogen-bond donors (Lipinski definition) is 0. The van der Waals surface area contributed by atoms with E-state index in [2.05, 4.69) is 21.0 Å². The van der Waals surface area contributed by atoms with E-state index in [9.17, 15) is 4.79 Å². The highest BCUT2D eigenvalue weighted by Crippen LogP contribution is 2.24. The van der Waals surface area contributed by atoms with Gasteiger partial charge in [0.15, 0.2) is 0 Å². The van der Waals surface area contributed by atoms with E-state index < -0.39 is 0 Å². The summed E-state index contributed by atoms with van der Waals surface area (Å²) in [5.74, 6) is 0.0564. The molecule has 90 valence electrons. The Bertz CT molecular complexity index is 487. The fourth-order valence-electron chi connectivity index (χ4n) is 1.66. The van der Waals surface area contributed by atoms with E-state index in [1.807, 2.05) is 25.1 Å². The van der Waals surface area contributed by atoms with Gasteiger partial charge in [-0.1, -0.05) is 24.6 Å². The van der Waals surface area contributed by atoms with Gasteiger partial charge in [-0.3, -0.25) is 4.79 Å². The Balaban J connectivity index is 2.13. The van der Waals surface area contributed by atoms with Crippen molar-refractivity contribution in [3.8, 4) is 0 Å². The molecule has 0 spiro atoms. The largest absolute Gasteiger partial charge is 0.273 e. The summed E-state index contributed by atoms with van der Waals surface area (Å²) in [6.07, 6.45) is 1.27. The van der Waals surface area contributed by atoms with Crippen molar-refractivity contribution in [2.45, 2.75) is 26.3 Å². The lowest BCUT2D eigenvalue weighted by atomic mass is 10.2. The number of nitrogens with zero attached hydrogens (tertiary/aromatic N) is 2. The second kappa shape index (κ2) is 5.19. The van der Waals surface area contributed by atoms with Crippen molar-refractivity contribution >= 4 is 39.1 Å². The summed E-state index contributed by atoms with van der Waals surface area (Å²) in [5, 5.41) is 6.44. The minimum absolute atomic E-state index is 0.0564. The zero-order chi connectivity index (χ0) is 12.4. The zero-order valence-electron chi connectivity index (χ0n) is 9.41. The average Bonchev–Trinajstić information content (AvgIpc) is 2.65. The molecule has 3 nitrogen and oxygen atoms in total. The SMILES string of the molecule is CCC1=NN(Cc2ccc(Br)c(Cl)c2)C(=O)C1. The highest BCUT2D eigenvalue weighted by Gasteiger charge is 2.22. The van der Waals surface area contributed by atoms with Gasteiger partial charge in [0.05, 0.1) is 18.0 Å². The summed E-state index contributed by atoms with van der Waals surface area (Å²) >= 11 is 9.34. The molecule has 0 aliphatic carbocycles. The highest BCUT2D eigenvalue weighted by molar-refractivity contribution is 9.10. The summed E-state index contributed by atoms with van der Waals surface area (Å²) in [5.41, 5.74) is 1.92. The van der Waals surface area contributed by atoms with Gasteiger partial charge in [-0.05, 0) is 40.0 Å². The lowest BCUT2D eigenvalue weighted by Crippen LogP contribution is -2.20. The third-order valence-corrected chi connectivity index (χ3v) is 3.86. The third-order valence-electron chi connectivity index (χ3n) is 2.63. The Hall–Kier alpha value is -0.870. The van der Waals surface area contributed by atoms with Crippen LogP contribution in [-0.2, 0) is 11.3 Å². The molecule has 1 aromatic rings. The number of halogens is 2. The molecule has 1 heterocycles. The van der Waals surface area contributed by atoms with Crippen LogP contribution in [0.1, 0.15) is 25.3 Å². The predicted octanol–water partition coefficient (Wildman–Crippen LogP) is 3.60. The van der Waals surface area contributed by atoms with Gasteiger partial charge in [-0.2, -0.15) is 5.10 Å². The van der Waals surface area contributed by atoms with Crippen LogP contribution in [0.15, 0.2) is 27.8 Å². The fourth-order valence-corrected chi connectivity index (χ4v) is 2.11. The molecule has 2 rings (SSSR count). The van der Waals surface area contributed by atoms with E-state index in [1.165, 1.54) is 5.01 Å². The summed E-state index contributed by atoms with van der Waals surface area (Å²) in [7, 11) is 0. The molecule has 5 heteroatoms. The molecule has 17 heavy (non-hydrogen) atoms. The molecule has 0 unspecified atom stereocenters. The van der Waals surface area contributed by atoms with E-state index in [1.54, 1.807) is 0 Å². The van der Waals surface area contributed by atoms with Gasteiger partial charge in [0.2, 0.25) is 5.91 Å². The van der Waals surface area contributed by atoms with Crippen LogP contribution in [-0.4, -0.2) is 16.6 Å². The van der Waals surface area contributed by atoms with Crippen molar-refractivity contribution < 1.29 is 4.79 Å². The Morgan fingerprint density at radius 3 is 2.88 bits per heavy atom. The molecule has 1 aliphatic rings. The first-order valence-corrected chi connectivity index (χ1v) is 6.58. The van der Waals surface area contributed by atoms with Gasteiger partial charge in [0.25, 0.3) is 0 Å². The first kappa shape index (κ1) is 12.6. The lowest BCUT2D eigenvalue weighted by Gasteiger charge is -2.12. The van der Waals surface area contributed by atoms with Crippen molar-refractivity contribution in [2.24, 2.45) is 5.10 Å². The monoisotopic (exact) mass is 314 g/mol. The summed E-state index contributed by atoms with van der Waals surface area (Å²) < 4.78 is 0.855. The first-order valence-electron chi connectivity index (χ1n) is 5.40. The van der Waals surface area contributed by atoms with Crippen molar-refractivity contribution in [3.63, 3.8) is 0 Å². The molecule has 0 N–H and O–H groups in total. The molecular weight excluding hydrogens is 304 g/mol. The maximum atomic E-state index is 11.7. The minimum atomic E-state index is 0.0564. The van der Waals surface area contributed by atoms with Crippen LogP contribution in [0.5, 0.6) is 0 Å². The summed E-state index contributed by atoms with van der Waals surface area (Å²) in [6, 6.07) is 5.66. The van der Waals surface area contributed by atoms with Gasteiger partial charge in [0, 0.05) is 10.2 Å². The number of carbonyl (C=O) groups excluding carboxylic acids is 1. The Morgan fingerprint density at radius 1 is 1.53 bits per heavy atom. The van der Waals surface area contributed by atoms with Gasteiger partial charge >= 0.3 is 0 Å². The maximum absolute atomic E-state index is 11.7. The van der Waals surface area contributed by atoms with Crippen LogP contribution in [0, 0.1) is 0 Å². The van der Waals surface area contributed by atoms with Crippen molar-refractivity contribution in [3.05, 3.63) is 33.3 Å². The number of hydrazone groups is 1. The van der Waals surface area contributed by atoms with E-state index in [4.69, 9.17) is 11.6 Å². The van der Waals surface area contributed by atoms with E-state index >= 15 is 0 Å². The molecule has 0 fully saturated rings. The van der Waals surface area contributed by atoms with Crippen LogP contribution in [0.2, 0.25) is 5.02 Å². The van der Waals surface area contributed by atoms with Crippen LogP contribution < -0.4 is 0 Å². The minimum Gasteiger partial charge on any atom is -0.273 e. The van der Waals surface area contributed by atoms with E-state index in [-0.39, 0.29) is 5.91 Å². The molecule has 0 saturated carbocycles. The third kappa shape index (κ3) is 2.87. The Morgan fingerprint density at radius 2 is 2.29 bits per heavy atom. The molecule has 1 aliphatic heterocycles. The van der Waals surface area contributed by atoms with Gasteiger partial charge in [-0.15, -0.1) is 0 Å². The topological polar surface area (TPSA) is 32.7 Å². The van der Waals surface area contributed by atoms with E-state index in [0.717, 1.165) is 22.2 Å². The molecule has 0 aromatic heterocycles. The molecule has 0 saturated heterocycles. The second-order valence-electron chi connectivity index (χ2n) is 3.90. The lowest BCUT2D eigenvalue weighted by molar-refractivity contribution is -0.129. The predicted molar refractivity (Wildman–Crippen MR) is 72.0 cm³/mol. The second-order valence-corrected chi connectivity index (χ2v) is 5.16. The number of amides is 1. The molecular formula is C12H12BrClN2O. The maximum Gasteiger partial charge on any atom is 0.248 e. The summed E-state index contributed by atoms with van der Waals surface area (Å²) in [4.78, 5) is 11.7. The molecule has 0 bridgehead atoms. The number of rotatable bonds is 3. The molecule has 1 amide bonds. The van der Waals surface area contributed by atoms with E-state index in [0.29, 0.717) is 18.0 Å². The number of carbonyl (C=O) groups is 1. The van der Waals surface area contributed by atoms with Crippen LogP contribution in [0.3, 0.4) is 0 Å². The Labute approximate surface area is 114 Å². The van der Waals surface area contributed by atoms with Crippen molar-refractivity contribution in [1.29, 1.82) is 0 Å². The van der Waals surface area contributed by atoms with Crippen LogP contribution in [0.25, 0.3) is 0 Å².